The third kappa shape index (κ3) is 1.80. The predicted octanol–water partition coefficient (Wildman–Crippen LogP) is 2.61. The minimum atomic E-state index is 0.311. The molecule has 3 heteroatoms. The number of phenolic OH excluding ortho intramolecular Hbond substituents is 1. The Kier molecular flexibility index (Phi) is 2.56. The zero-order valence-corrected chi connectivity index (χ0v) is 9.99. The average molecular weight is 231 g/mol. The van der Waals surface area contributed by atoms with Gasteiger partial charge in [0.15, 0.2) is 0 Å². The summed E-state index contributed by atoms with van der Waals surface area (Å²) in [6.07, 6.45) is 3.04. The molecule has 0 spiro atoms. The van der Waals surface area contributed by atoms with Gasteiger partial charge in [0, 0.05) is 30.0 Å². The van der Waals surface area contributed by atoms with E-state index in [9.17, 15) is 5.11 Å². The number of furan rings is 1. The van der Waals surface area contributed by atoms with Crippen molar-refractivity contribution in [1.29, 1.82) is 0 Å². The molecule has 0 bridgehead atoms. The Morgan fingerprint density at radius 1 is 1.47 bits per heavy atom. The van der Waals surface area contributed by atoms with E-state index in [0.29, 0.717) is 11.8 Å². The summed E-state index contributed by atoms with van der Waals surface area (Å²) in [4.78, 5) is 0. The first-order valence-electron chi connectivity index (χ1n) is 6.24. The fourth-order valence-electron chi connectivity index (χ4n) is 2.61. The third-order valence-corrected chi connectivity index (χ3v) is 3.59. The molecule has 1 aromatic carbocycles. The normalized spacial score (nSPS) is 20.2. The first kappa shape index (κ1) is 10.7. The summed E-state index contributed by atoms with van der Waals surface area (Å²) in [6.45, 7) is 3.17. The van der Waals surface area contributed by atoms with Gasteiger partial charge in [-0.1, -0.05) is 6.92 Å². The molecular formula is C14H17NO2. The van der Waals surface area contributed by atoms with Crippen LogP contribution >= 0.6 is 0 Å². The molecule has 1 aliphatic rings. The largest absolute Gasteiger partial charge is 0.508 e. The number of rotatable bonds is 1. The zero-order valence-electron chi connectivity index (χ0n) is 9.99. The van der Waals surface area contributed by atoms with Crippen molar-refractivity contribution in [2.45, 2.75) is 32.2 Å². The fraction of sp³-hybridized carbons (Fsp3) is 0.429. The number of benzene rings is 1. The summed E-state index contributed by atoms with van der Waals surface area (Å²) in [5.41, 5.74) is 2.16. The van der Waals surface area contributed by atoms with E-state index >= 15 is 0 Å². The molecular weight excluding hydrogens is 214 g/mol. The Hall–Kier alpha value is -1.48. The van der Waals surface area contributed by atoms with Crippen molar-refractivity contribution in [3.05, 3.63) is 29.5 Å². The Balaban J connectivity index is 2.14. The molecule has 1 aliphatic heterocycles. The van der Waals surface area contributed by atoms with Crippen LogP contribution in [0.25, 0.3) is 11.0 Å². The van der Waals surface area contributed by atoms with Gasteiger partial charge in [-0.15, -0.1) is 0 Å². The Morgan fingerprint density at radius 3 is 3.18 bits per heavy atom. The van der Waals surface area contributed by atoms with Crippen LogP contribution in [-0.2, 0) is 12.8 Å². The van der Waals surface area contributed by atoms with Crippen molar-refractivity contribution in [1.82, 2.24) is 5.32 Å². The molecule has 1 unspecified atom stereocenters. The van der Waals surface area contributed by atoms with Gasteiger partial charge in [-0.2, -0.15) is 0 Å². The maximum atomic E-state index is 9.59. The van der Waals surface area contributed by atoms with Crippen molar-refractivity contribution in [2.24, 2.45) is 0 Å². The van der Waals surface area contributed by atoms with Crippen LogP contribution < -0.4 is 5.32 Å². The van der Waals surface area contributed by atoms with E-state index in [0.717, 1.165) is 42.5 Å². The fourth-order valence-corrected chi connectivity index (χ4v) is 2.61. The molecule has 0 radical (unpaired) electrons. The molecule has 90 valence electrons. The monoisotopic (exact) mass is 231 g/mol. The minimum Gasteiger partial charge on any atom is -0.508 e. The Morgan fingerprint density at radius 2 is 2.35 bits per heavy atom. The molecule has 3 nitrogen and oxygen atoms in total. The van der Waals surface area contributed by atoms with Crippen LogP contribution in [0, 0.1) is 0 Å². The van der Waals surface area contributed by atoms with Crippen molar-refractivity contribution in [3.63, 3.8) is 0 Å². The quantitative estimate of drug-likeness (QED) is 0.793. The van der Waals surface area contributed by atoms with Gasteiger partial charge in [0.2, 0.25) is 0 Å². The van der Waals surface area contributed by atoms with Gasteiger partial charge in [0.05, 0.1) is 0 Å². The average Bonchev–Trinajstić information content (AvgIpc) is 2.54. The van der Waals surface area contributed by atoms with Gasteiger partial charge in [-0.25, -0.2) is 0 Å². The predicted molar refractivity (Wildman–Crippen MR) is 67.4 cm³/mol. The van der Waals surface area contributed by atoms with Crippen molar-refractivity contribution < 1.29 is 9.52 Å². The van der Waals surface area contributed by atoms with Gasteiger partial charge >= 0.3 is 0 Å². The van der Waals surface area contributed by atoms with Gasteiger partial charge in [0.1, 0.15) is 17.1 Å². The lowest BCUT2D eigenvalue weighted by Crippen LogP contribution is -2.29. The second-order valence-electron chi connectivity index (χ2n) is 4.70. The van der Waals surface area contributed by atoms with E-state index in [1.54, 1.807) is 6.07 Å². The van der Waals surface area contributed by atoms with Crippen LogP contribution in [0.1, 0.15) is 24.7 Å². The van der Waals surface area contributed by atoms with Crippen molar-refractivity contribution >= 4 is 11.0 Å². The summed E-state index contributed by atoms with van der Waals surface area (Å²) in [6, 6.07) is 5.86. The molecule has 3 rings (SSSR count). The van der Waals surface area contributed by atoms with Gasteiger partial charge in [-0.05, 0) is 31.0 Å². The maximum absolute atomic E-state index is 9.59. The molecule has 2 N–H and O–H groups in total. The Labute approximate surface area is 100 Å². The lowest BCUT2D eigenvalue weighted by molar-refractivity contribution is 0.475. The van der Waals surface area contributed by atoms with Gasteiger partial charge in [-0.3, -0.25) is 0 Å². The third-order valence-electron chi connectivity index (χ3n) is 3.59. The summed E-state index contributed by atoms with van der Waals surface area (Å²) < 4.78 is 5.87. The molecule has 0 aliphatic carbocycles. The smallest absolute Gasteiger partial charge is 0.134 e. The molecule has 0 saturated carbocycles. The van der Waals surface area contributed by atoms with Crippen LogP contribution in [0.5, 0.6) is 5.75 Å². The second-order valence-corrected chi connectivity index (χ2v) is 4.70. The van der Waals surface area contributed by atoms with Crippen LogP contribution in [0.2, 0.25) is 0 Å². The molecule has 0 saturated heterocycles. The summed E-state index contributed by atoms with van der Waals surface area (Å²) in [5, 5.41) is 14.2. The topological polar surface area (TPSA) is 45.4 Å². The maximum Gasteiger partial charge on any atom is 0.134 e. The standard InChI is InChI=1S/C14H17NO2/c1-2-9-7-11-12-8-10(16)3-4-13(12)17-14(11)5-6-15-9/h3-4,8-9,15-16H,2,5-7H2,1H3. The van der Waals surface area contributed by atoms with Gasteiger partial charge in [0.25, 0.3) is 0 Å². The van der Waals surface area contributed by atoms with E-state index in [1.165, 1.54) is 5.56 Å². The van der Waals surface area contributed by atoms with Crippen LogP contribution in [0.15, 0.2) is 22.6 Å². The van der Waals surface area contributed by atoms with Crippen LogP contribution in [0.4, 0.5) is 0 Å². The highest BCUT2D eigenvalue weighted by Crippen LogP contribution is 2.31. The molecule has 0 fully saturated rings. The highest BCUT2D eigenvalue weighted by molar-refractivity contribution is 5.83. The lowest BCUT2D eigenvalue weighted by Gasteiger charge is -2.12. The number of phenols is 1. The molecule has 1 aromatic heterocycles. The molecule has 0 amide bonds. The molecule has 2 heterocycles. The van der Waals surface area contributed by atoms with Crippen LogP contribution in [0.3, 0.4) is 0 Å². The summed E-state index contributed by atoms with van der Waals surface area (Å²) in [7, 11) is 0. The van der Waals surface area contributed by atoms with E-state index in [4.69, 9.17) is 4.42 Å². The number of aromatic hydroxyl groups is 1. The SMILES string of the molecule is CCC1Cc2c(oc3ccc(O)cc23)CCN1. The second kappa shape index (κ2) is 4.08. The highest BCUT2D eigenvalue weighted by atomic mass is 16.3. The van der Waals surface area contributed by atoms with E-state index in [2.05, 4.69) is 12.2 Å². The highest BCUT2D eigenvalue weighted by Gasteiger charge is 2.21. The van der Waals surface area contributed by atoms with Crippen molar-refractivity contribution in [2.75, 3.05) is 6.54 Å². The zero-order chi connectivity index (χ0) is 11.8. The first-order chi connectivity index (χ1) is 8.28. The van der Waals surface area contributed by atoms with Gasteiger partial charge < -0.3 is 14.8 Å². The van der Waals surface area contributed by atoms with E-state index < -0.39 is 0 Å². The minimum absolute atomic E-state index is 0.311. The molecule has 1 atom stereocenters. The van der Waals surface area contributed by atoms with E-state index in [1.807, 2.05) is 12.1 Å². The number of hydrogen-bond acceptors (Lipinski definition) is 3. The molecule has 17 heavy (non-hydrogen) atoms. The number of nitrogens with one attached hydrogen (secondary N) is 1. The number of fused-ring (bicyclic) bond motifs is 3. The van der Waals surface area contributed by atoms with Crippen LogP contribution in [-0.4, -0.2) is 17.7 Å². The first-order valence-corrected chi connectivity index (χ1v) is 6.24. The lowest BCUT2D eigenvalue weighted by atomic mass is 10.0. The molecule has 2 aromatic rings. The van der Waals surface area contributed by atoms with E-state index in [-0.39, 0.29) is 0 Å². The number of hydrogen-bond donors (Lipinski definition) is 2. The summed E-state index contributed by atoms with van der Waals surface area (Å²) >= 11 is 0. The Bertz CT molecular complexity index is 544. The van der Waals surface area contributed by atoms with Crippen molar-refractivity contribution in [3.8, 4) is 5.75 Å². The summed E-state index contributed by atoms with van der Waals surface area (Å²) in [5.74, 6) is 1.39.